The smallest absolute Gasteiger partial charge is 0.267 e. The Kier molecular flexibility index (Phi) is 3.29. The molecule has 1 N–H and O–H groups in total. The minimum atomic E-state index is -2.61. The second-order valence-electron chi connectivity index (χ2n) is 3.82. The first-order valence-corrected chi connectivity index (χ1v) is 4.55. The minimum Gasteiger partial charge on any atom is -0.496 e. The summed E-state index contributed by atoms with van der Waals surface area (Å²) in [6.45, 7) is 3.09. The molecule has 1 aromatic carbocycles. The second-order valence-corrected chi connectivity index (χ2v) is 3.82. The number of hydrogen-bond acceptors (Lipinski definition) is 2. The minimum absolute atomic E-state index is 0.137. The van der Waals surface area contributed by atoms with Gasteiger partial charge in [-0.05, 0) is 31.5 Å². The van der Waals surface area contributed by atoms with E-state index in [1.807, 2.05) is 0 Å². The molecule has 1 aromatic rings. The van der Waals surface area contributed by atoms with Crippen molar-refractivity contribution in [3.8, 4) is 5.75 Å². The molecule has 0 aliphatic rings. The van der Waals surface area contributed by atoms with Crippen LogP contribution in [0.25, 0.3) is 0 Å². The number of methoxy groups -OCH3 is 1. The Balaban J connectivity index is 3.22. The Hall–Kier alpha value is -1.16. The highest BCUT2D eigenvalue weighted by Gasteiger charge is 2.21. The van der Waals surface area contributed by atoms with Crippen molar-refractivity contribution in [3.05, 3.63) is 29.3 Å². The van der Waals surface area contributed by atoms with Crippen LogP contribution in [0.1, 0.15) is 31.4 Å². The standard InChI is InChI=1S/C11H14F2O2/c1-11(2,14)7-4-5-9(15-3)8(6-7)10(12)13/h4-6,10,14H,1-3H3. The third-order valence-electron chi connectivity index (χ3n) is 2.17. The quantitative estimate of drug-likeness (QED) is 0.841. The molecule has 84 valence electrons. The molecule has 0 aliphatic carbocycles. The molecule has 0 heterocycles. The van der Waals surface area contributed by atoms with E-state index in [0.717, 1.165) is 0 Å². The van der Waals surface area contributed by atoms with Gasteiger partial charge in [0.15, 0.2) is 0 Å². The zero-order valence-electron chi connectivity index (χ0n) is 8.92. The van der Waals surface area contributed by atoms with Gasteiger partial charge in [-0.3, -0.25) is 0 Å². The Morgan fingerprint density at radius 1 is 1.33 bits per heavy atom. The molecule has 0 fully saturated rings. The molecule has 0 unspecified atom stereocenters. The van der Waals surface area contributed by atoms with Crippen molar-refractivity contribution in [2.45, 2.75) is 25.9 Å². The lowest BCUT2D eigenvalue weighted by Crippen LogP contribution is -2.15. The predicted molar refractivity (Wildman–Crippen MR) is 53.2 cm³/mol. The zero-order valence-corrected chi connectivity index (χ0v) is 8.92. The van der Waals surface area contributed by atoms with E-state index in [9.17, 15) is 13.9 Å². The molecule has 0 aliphatic heterocycles. The average molecular weight is 216 g/mol. The molecule has 0 saturated heterocycles. The predicted octanol–water partition coefficient (Wildman–Crippen LogP) is 2.86. The highest BCUT2D eigenvalue weighted by atomic mass is 19.3. The Labute approximate surface area is 87.5 Å². The molecule has 15 heavy (non-hydrogen) atoms. The lowest BCUT2D eigenvalue weighted by molar-refractivity contribution is 0.0778. The summed E-state index contributed by atoms with van der Waals surface area (Å²) in [5, 5.41) is 9.67. The summed E-state index contributed by atoms with van der Waals surface area (Å²) in [6, 6.07) is 4.28. The fraction of sp³-hybridized carbons (Fsp3) is 0.455. The van der Waals surface area contributed by atoms with Crippen LogP contribution in [0, 0.1) is 0 Å². The molecule has 2 nitrogen and oxygen atoms in total. The number of ether oxygens (including phenoxy) is 1. The van der Waals surface area contributed by atoms with Gasteiger partial charge in [0.1, 0.15) is 5.75 Å². The SMILES string of the molecule is COc1ccc(C(C)(C)O)cc1C(F)F. The van der Waals surface area contributed by atoms with Crippen LogP contribution < -0.4 is 4.74 Å². The molecule has 0 radical (unpaired) electrons. The van der Waals surface area contributed by atoms with Gasteiger partial charge in [-0.25, -0.2) is 8.78 Å². The van der Waals surface area contributed by atoms with Crippen LogP contribution in [0.3, 0.4) is 0 Å². The molecule has 0 amide bonds. The highest BCUT2D eigenvalue weighted by Crippen LogP contribution is 2.32. The summed E-state index contributed by atoms with van der Waals surface area (Å²) in [5.41, 5.74) is -0.883. The van der Waals surface area contributed by atoms with E-state index in [-0.39, 0.29) is 11.3 Å². The van der Waals surface area contributed by atoms with Crippen molar-refractivity contribution in [2.24, 2.45) is 0 Å². The van der Waals surface area contributed by atoms with Gasteiger partial charge >= 0.3 is 0 Å². The summed E-state index contributed by atoms with van der Waals surface area (Å²) in [5.74, 6) is 0.137. The highest BCUT2D eigenvalue weighted by molar-refractivity contribution is 5.39. The summed E-state index contributed by atoms with van der Waals surface area (Å²) in [7, 11) is 1.34. The fourth-order valence-electron chi connectivity index (χ4n) is 1.29. The fourth-order valence-corrected chi connectivity index (χ4v) is 1.29. The Morgan fingerprint density at radius 2 is 1.93 bits per heavy atom. The lowest BCUT2D eigenvalue weighted by Gasteiger charge is -2.19. The van der Waals surface area contributed by atoms with Gasteiger partial charge in [0.05, 0.1) is 18.3 Å². The maximum absolute atomic E-state index is 12.6. The lowest BCUT2D eigenvalue weighted by atomic mass is 9.96. The van der Waals surface area contributed by atoms with Gasteiger partial charge in [-0.15, -0.1) is 0 Å². The van der Waals surface area contributed by atoms with Crippen LogP contribution >= 0.6 is 0 Å². The van der Waals surface area contributed by atoms with Crippen molar-refractivity contribution in [3.63, 3.8) is 0 Å². The first-order chi connectivity index (χ1) is 6.86. The summed E-state index contributed by atoms with van der Waals surface area (Å²) in [6.07, 6.45) is -2.61. The average Bonchev–Trinajstić information content (AvgIpc) is 2.15. The topological polar surface area (TPSA) is 29.5 Å². The number of halogens is 2. The number of benzene rings is 1. The van der Waals surface area contributed by atoms with E-state index in [1.165, 1.54) is 19.2 Å². The van der Waals surface area contributed by atoms with E-state index < -0.39 is 12.0 Å². The maximum atomic E-state index is 12.6. The summed E-state index contributed by atoms with van der Waals surface area (Å²) >= 11 is 0. The van der Waals surface area contributed by atoms with Crippen molar-refractivity contribution >= 4 is 0 Å². The molecule has 0 saturated carbocycles. The van der Waals surface area contributed by atoms with E-state index in [0.29, 0.717) is 5.56 Å². The monoisotopic (exact) mass is 216 g/mol. The molecule has 0 aromatic heterocycles. The first kappa shape index (κ1) is 11.9. The third-order valence-corrected chi connectivity index (χ3v) is 2.17. The van der Waals surface area contributed by atoms with Gasteiger partial charge in [-0.2, -0.15) is 0 Å². The van der Waals surface area contributed by atoms with Crippen molar-refractivity contribution < 1.29 is 18.6 Å². The number of rotatable bonds is 3. The second kappa shape index (κ2) is 4.14. The zero-order chi connectivity index (χ0) is 11.6. The Morgan fingerprint density at radius 3 is 2.33 bits per heavy atom. The van der Waals surface area contributed by atoms with E-state index in [4.69, 9.17) is 4.74 Å². The van der Waals surface area contributed by atoms with Crippen LogP contribution in [0.15, 0.2) is 18.2 Å². The van der Waals surface area contributed by atoms with Crippen LogP contribution in [-0.2, 0) is 5.60 Å². The number of aliphatic hydroxyl groups is 1. The molecule has 0 spiro atoms. The summed E-state index contributed by atoms with van der Waals surface area (Å²) in [4.78, 5) is 0. The van der Waals surface area contributed by atoms with Crippen LogP contribution in [0.5, 0.6) is 5.75 Å². The summed E-state index contributed by atoms with van der Waals surface area (Å²) < 4.78 is 30.1. The van der Waals surface area contributed by atoms with Crippen LogP contribution in [-0.4, -0.2) is 12.2 Å². The third kappa shape index (κ3) is 2.65. The largest absolute Gasteiger partial charge is 0.496 e. The van der Waals surface area contributed by atoms with Gasteiger partial charge in [0.2, 0.25) is 0 Å². The van der Waals surface area contributed by atoms with Crippen molar-refractivity contribution in [1.82, 2.24) is 0 Å². The maximum Gasteiger partial charge on any atom is 0.267 e. The van der Waals surface area contributed by atoms with Gasteiger partial charge in [-0.1, -0.05) is 6.07 Å². The van der Waals surface area contributed by atoms with E-state index >= 15 is 0 Å². The Bertz CT molecular complexity index is 343. The van der Waals surface area contributed by atoms with Crippen LogP contribution in [0.4, 0.5) is 8.78 Å². The van der Waals surface area contributed by atoms with Gasteiger partial charge in [0.25, 0.3) is 6.43 Å². The normalized spacial score (nSPS) is 11.9. The number of alkyl halides is 2. The van der Waals surface area contributed by atoms with Gasteiger partial charge < -0.3 is 9.84 Å². The number of hydrogen-bond donors (Lipinski definition) is 1. The molecule has 4 heteroatoms. The molecule has 0 atom stereocenters. The molecular weight excluding hydrogens is 202 g/mol. The molecule has 0 bridgehead atoms. The first-order valence-electron chi connectivity index (χ1n) is 4.55. The molecule has 1 rings (SSSR count). The van der Waals surface area contributed by atoms with E-state index in [1.54, 1.807) is 19.9 Å². The van der Waals surface area contributed by atoms with Crippen molar-refractivity contribution in [1.29, 1.82) is 0 Å². The van der Waals surface area contributed by atoms with Crippen molar-refractivity contribution in [2.75, 3.05) is 7.11 Å². The van der Waals surface area contributed by atoms with Gasteiger partial charge in [0, 0.05) is 0 Å². The molecular formula is C11H14F2O2. The van der Waals surface area contributed by atoms with Crippen LogP contribution in [0.2, 0.25) is 0 Å². The van der Waals surface area contributed by atoms with E-state index in [2.05, 4.69) is 0 Å².